The molecule has 2 N–H and O–H groups in total. The van der Waals surface area contributed by atoms with Crippen LogP contribution in [0.1, 0.15) is 25.3 Å². The lowest BCUT2D eigenvalue weighted by molar-refractivity contribution is -0.117. The van der Waals surface area contributed by atoms with E-state index in [0.29, 0.717) is 36.6 Å². The number of carbonyl (C=O) groups is 2. The zero-order chi connectivity index (χ0) is 18.5. The van der Waals surface area contributed by atoms with Gasteiger partial charge in [0.1, 0.15) is 12.7 Å². The molecule has 0 fully saturated rings. The summed E-state index contributed by atoms with van der Waals surface area (Å²) in [6.45, 7) is 3.79. The number of para-hydroxylation sites is 2. The Hall–Kier alpha value is -3.02. The zero-order valence-corrected chi connectivity index (χ0v) is 14.9. The number of hydrogen-bond donors (Lipinski definition) is 2. The van der Waals surface area contributed by atoms with E-state index in [2.05, 4.69) is 10.6 Å². The van der Waals surface area contributed by atoms with Gasteiger partial charge in [0.2, 0.25) is 11.8 Å². The number of rotatable bonds is 5. The topological polar surface area (TPSA) is 76.7 Å². The van der Waals surface area contributed by atoms with Crippen molar-refractivity contribution < 1.29 is 19.1 Å². The predicted molar refractivity (Wildman–Crippen MR) is 99.7 cm³/mol. The molecule has 3 rings (SSSR count). The van der Waals surface area contributed by atoms with Gasteiger partial charge in [0, 0.05) is 13.3 Å². The molecule has 1 aliphatic heterocycles. The van der Waals surface area contributed by atoms with Crippen molar-refractivity contribution in [2.75, 3.05) is 17.2 Å². The first kappa shape index (κ1) is 17.8. The van der Waals surface area contributed by atoms with Gasteiger partial charge < -0.3 is 20.1 Å². The Morgan fingerprint density at radius 2 is 1.85 bits per heavy atom. The highest BCUT2D eigenvalue weighted by Crippen LogP contribution is 2.32. The van der Waals surface area contributed by atoms with Crippen molar-refractivity contribution >= 4 is 23.2 Å². The van der Waals surface area contributed by atoms with Crippen molar-refractivity contribution in [3.63, 3.8) is 0 Å². The average Bonchev–Trinajstić information content (AvgIpc) is 2.62. The van der Waals surface area contributed by atoms with Gasteiger partial charge in [-0.3, -0.25) is 9.59 Å². The molecule has 1 aliphatic rings. The predicted octanol–water partition coefficient (Wildman–Crippen LogP) is 3.51. The fourth-order valence-electron chi connectivity index (χ4n) is 2.77. The fraction of sp³-hybridized carbons (Fsp3) is 0.300. The summed E-state index contributed by atoms with van der Waals surface area (Å²) >= 11 is 0. The molecule has 0 saturated carbocycles. The fourth-order valence-corrected chi connectivity index (χ4v) is 2.77. The van der Waals surface area contributed by atoms with Gasteiger partial charge in [-0.05, 0) is 43.2 Å². The summed E-state index contributed by atoms with van der Waals surface area (Å²) in [7, 11) is 0. The van der Waals surface area contributed by atoms with Gasteiger partial charge in [0.05, 0.1) is 11.4 Å². The van der Waals surface area contributed by atoms with Crippen LogP contribution in [0.15, 0.2) is 42.5 Å². The van der Waals surface area contributed by atoms with Crippen LogP contribution in [0.25, 0.3) is 0 Å². The summed E-state index contributed by atoms with van der Waals surface area (Å²) in [6.07, 6.45) is 0.674. The number of nitrogens with one attached hydrogen (secondary N) is 2. The van der Waals surface area contributed by atoms with Crippen molar-refractivity contribution in [2.45, 2.75) is 32.8 Å². The van der Waals surface area contributed by atoms with Gasteiger partial charge in [0.15, 0.2) is 11.5 Å². The van der Waals surface area contributed by atoms with E-state index in [1.807, 2.05) is 43.3 Å². The third kappa shape index (κ3) is 4.53. The molecule has 2 aromatic rings. The minimum absolute atomic E-state index is 0.135. The van der Waals surface area contributed by atoms with Gasteiger partial charge in [-0.2, -0.15) is 0 Å². The molecule has 2 aromatic carbocycles. The minimum atomic E-state index is -0.184. The Labute approximate surface area is 152 Å². The molecule has 0 bridgehead atoms. The number of hydrogen-bond acceptors (Lipinski definition) is 4. The quantitative estimate of drug-likeness (QED) is 0.861. The SMILES string of the molecule is CC(=O)Nc1ccc(C)cc1NC(=O)CCC1COc2ccccc2O1. The van der Waals surface area contributed by atoms with Gasteiger partial charge >= 0.3 is 0 Å². The van der Waals surface area contributed by atoms with Gasteiger partial charge in [-0.25, -0.2) is 0 Å². The summed E-state index contributed by atoms with van der Waals surface area (Å²) in [5.41, 5.74) is 2.18. The maximum absolute atomic E-state index is 12.3. The lowest BCUT2D eigenvalue weighted by atomic mass is 10.1. The summed E-state index contributed by atoms with van der Waals surface area (Å²) < 4.78 is 11.5. The van der Waals surface area contributed by atoms with Crippen LogP contribution in [0.2, 0.25) is 0 Å². The molecule has 136 valence electrons. The number of amides is 2. The Morgan fingerprint density at radius 1 is 1.08 bits per heavy atom. The molecule has 0 aromatic heterocycles. The molecular weight excluding hydrogens is 332 g/mol. The third-order valence-corrected chi connectivity index (χ3v) is 4.02. The van der Waals surface area contributed by atoms with Crippen LogP contribution in [0, 0.1) is 6.92 Å². The molecule has 6 heteroatoms. The Kier molecular flexibility index (Phi) is 5.41. The first-order chi connectivity index (χ1) is 12.5. The first-order valence-electron chi connectivity index (χ1n) is 8.58. The molecule has 6 nitrogen and oxygen atoms in total. The van der Waals surface area contributed by atoms with Crippen LogP contribution in [0.3, 0.4) is 0 Å². The lowest BCUT2D eigenvalue weighted by Gasteiger charge is -2.26. The van der Waals surface area contributed by atoms with E-state index in [1.54, 1.807) is 6.07 Å². The maximum atomic E-state index is 12.3. The summed E-state index contributed by atoms with van der Waals surface area (Å²) in [5, 5.41) is 5.59. The number of fused-ring (bicyclic) bond motifs is 1. The van der Waals surface area contributed by atoms with Gasteiger partial charge in [-0.1, -0.05) is 18.2 Å². The second-order valence-corrected chi connectivity index (χ2v) is 6.31. The summed E-state index contributed by atoms with van der Waals surface area (Å²) in [5.74, 6) is 1.11. The van der Waals surface area contributed by atoms with Crippen molar-refractivity contribution in [2.24, 2.45) is 0 Å². The second kappa shape index (κ2) is 7.91. The maximum Gasteiger partial charge on any atom is 0.224 e. The van der Waals surface area contributed by atoms with E-state index in [9.17, 15) is 9.59 Å². The van der Waals surface area contributed by atoms with E-state index < -0.39 is 0 Å². The van der Waals surface area contributed by atoms with Crippen molar-refractivity contribution in [1.82, 2.24) is 0 Å². The highest BCUT2D eigenvalue weighted by Gasteiger charge is 2.21. The largest absolute Gasteiger partial charge is 0.486 e. The molecule has 1 atom stereocenters. The Balaban J connectivity index is 1.57. The molecule has 0 aliphatic carbocycles. The smallest absolute Gasteiger partial charge is 0.224 e. The Bertz CT molecular complexity index is 819. The second-order valence-electron chi connectivity index (χ2n) is 6.31. The molecule has 0 radical (unpaired) electrons. The van der Waals surface area contributed by atoms with Crippen molar-refractivity contribution in [3.05, 3.63) is 48.0 Å². The highest BCUT2D eigenvalue weighted by molar-refractivity contribution is 5.99. The third-order valence-electron chi connectivity index (χ3n) is 4.02. The molecular formula is C20H22N2O4. The van der Waals surface area contributed by atoms with E-state index in [0.717, 1.165) is 11.3 Å². The summed E-state index contributed by atoms with van der Waals surface area (Å²) in [4.78, 5) is 23.6. The van der Waals surface area contributed by atoms with E-state index >= 15 is 0 Å². The zero-order valence-electron chi connectivity index (χ0n) is 14.9. The standard InChI is InChI=1S/C20H22N2O4/c1-13-7-9-16(21-14(2)23)17(11-13)22-20(24)10-8-15-12-25-18-5-3-4-6-19(18)26-15/h3-7,9,11,15H,8,10,12H2,1-2H3,(H,21,23)(H,22,24). The number of benzene rings is 2. The van der Waals surface area contributed by atoms with E-state index in [-0.39, 0.29) is 17.9 Å². The van der Waals surface area contributed by atoms with Crippen LogP contribution in [0.4, 0.5) is 11.4 Å². The first-order valence-corrected chi connectivity index (χ1v) is 8.58. The van der Waals surface area contributed by atoms with Gasteiger partial charge in [0.25, 0.3) is 0 Å². The molecule has 1 unspecified atom stereocenters. The lowest BCUT2D eigenvalue weighted by Crippen LogP contribution is -2.30. The molecule has 0 spiro atoms. The molecule has 2 amide bonds. The van der Waals surface area contributed by atoms with Crippen LogP contribution >= 0.6 is 0 Å². The molecule has 26 heavy (non-hydrogen) atoms. The minimum Gasteiger partial charge on any atom is -0.486 e. The number of anilines is 2. The van der Waals surface area contributed by atoms with Crippen LogP contribution in [-0.4, -0.2) is 24.5 Å². The molecule has 0 saturated heterocycles. The van der Waals surface area contributed by atoms with E-state index in [1.165, 1.54) is 6.92 Å². The van der Waals surface area contributed by atoms with E-state index in [4.69, 9.17) is 9.47 Å². The number of ether oxygens (including phenoxy) is 2. The van der Waals surface area contributed by atoms with Crippen LogP contribution in [-0.2, 0) is 9.59 Å². The van der Waals surface area contributed by atoms with Gasteiger partial charge in [-0.15, -0.1) is 0 Å². The number of carbonyl (C=O) groups excluding carboxylic acids is 2. The normalized spacial score (nSPS) is 15.2. The average molecular weight is 354 g/mol. The van der Waals surface area contributed by atoms with Crippen molar-refractivity contribution in [3.8, 4) is 11.5 Å². The monoisotopic (exact) mass is 354 g/mol. The van der Waals surface area contributed by atoms with Crippen LogP contribution < -0.4 is 20.1 Å². The molecule has 1 heterocycles. The highest BCUT2D eigenvalue weighted by atomic mass is 16.6. The summed E-state index contributed by atoms with van der Waals surface area (Å²) in [6, 6.07) is 13.0. The van der Waals surface area contributed by atoms with Crippen LogP contribution in [0.5, 0.6) is 11.5 Å². The number of aryl methyl sites for hydroxylation is 1. The van der Waals surface area contributed by atoms with Crippen molar-refractivity contribution in [1.29, 1.82) is 0 Å². The Morgan fingerprint density at radius 3 is 2.62 bits per heavy atom.